The first kappa shape index (κ1) is 28.8. The Bertz CT molecular complexity index is 1240. The van der Waals surface area contributed by atoms with E-state index in [-0.39, 0.29) is 34.2 Å². The van der Waals surface area contributed by atoms with Gasteiger partial charge in [0.1, 0.15) is 11.6 Å². The van der Waals surface area contributed by atoms with Gasteiger partial charge in [0.05, 0.1) is 26.9 Å². The summed E-state index contributed by atoms with van der Waals surface area (Å²) in [6.45, 7) is 5.06. The normalized spacial score (nSPS) is 15.3. The smallest absolute Gasteiger partial charge is 0.427 e. The van der Waals surface area contributed by atoms with Crippen LogP contribution < -0.4 is 15.0 Å². The molecule has 3 amide bonds. The van der Waals surface area contributed by atoms with Crippen LogP contribution in [0.15, 0.2) is 41.7 Å². The first-order chi connectivity index (χ1) is 17.5. The molecule has 1 saturated heterocycles. The molecular formula is C26H26Cl3FN2O5. The Balaban J connectivity index is 0.000000248. The number of cyclic esters (lactones) is 1. The molecule has 1 saturated carbocycles. The minimum atomic E-state index is -0.941. The Morgan fingerprint density at radius 2 is 1.76 bits per heavy atom. The highest BCUT2D eigenvalue weighted by Gasteiger charge is 2.40. The summed E-state index contributed by atoms with van der Waals surface area (Å²) in [5, 5.41) is 3.70. The number of hydrogen-bond donors (Lipinski definition) is 1. The Hall–Kier alpha value is -2.81. The fourth-order valence-electron chi connectivity index (χ4n) is 3.67. The van der Waals surface area contributed by atoms with Crippen molar-refractivity contribution in [2.45, 2.75) is 59.0 Å². The first-order valence-electron chi connectivity index (χ1n) is 11.7. The minimum absolute atomic E-state index is 0.00962. The van der Waals surface area contributed by atoms with Gasteiger partial charge in [-0.2, -0.15) is 0 Å². The van der Waals surface area contributed by atoms with Gasteiger partial charge in [-0.25, -0.2) is 14.1 Å². The number of hydrogen-bond acceptors (Lipinski definition) is 5. The summed E-state index contributed by atoms with van der Waals surface area (Å²) in [5.41, 5.74) is 0.979. The molecule has 0 spiro atoms. The van der Waals surface area contributed by atoms with Crippen molar-refractivity contribution in [2.24, 2.45) is 0 Å². The van der Waals surface area contributed by atoms with Crippen LogP contribution in [-0.2, 0) is 14.3 Å². The number of nitrogens with zero attached hydrogens (tertiary/aromatic N) is 1. The van der Waals surface area contributed by atoms with Crippen molar-refractivity contribution in [2.75, 3.05) is 10.2 Å². The summed E-state index contributed by atoms with van der Waals surface area (Å²) in [6.07, 6.45) is 3.44. The van der Waals surface area contributed by atoms with Crippen LogP contribution in [0.4, 0.5) is 20.6 Å². The maximum absolute atomic E-state index is 14.3. The molecule has 2 aromatic carbocycles. The molecule has 198 valence electrons. The minimum Gasteiger partial charge on any atom is -0.489 e. The van der Waals surface area contributed by atoms with E-state index < -0.39 is 17.8 Å². The lowest BCUT2D eigenvalue weighted by atomic mass is 10.2. The van der Waals surface area contributed by atoms with Crippen LogP contribution in [0.2, 0.25) is 15.1 Å². The molecule has 0 radical (unpaired) electrons. The average molecular weight is 572 g/mol. The number of rotatable bonds is 5. The lowest BCUT2D eigenvalue weighted by Crippen LogP contribution is -2.29. The highest BCUT2D eigenvalue weighted by Crippen LogP contribution is 2.37. The van der Waals surface area contributed by atoms with Crippen LogP contribution in [0.5, 0.6) is 5.75 Å². The van der Waals surface area contributed by atoms with E-state index in [1.807, 2.05) is 0 Å². The molecule has 0 unspecified atom stereocenters. The van der Waals surface area contributed by atoms with Crippen molar-refractivity contribution in [3.63, 3.8) is 0 Å². The molecule has 11 heteroatoms. The zero-order valence-electron chi connectivity index (χ0n) is 20.5. The van der Waals surface area contributed by atoms with Gasteiger partial charge in [0.25, 0.3) is 0 Å². The molecule has 2 aromatic rings. The van der Waals surface area contributed by atoms with E-state index in [4.69, 9.17) is 44.3 Å². The largest absolute Gasteiger partial charge is 0.489 e. The zero-order valence-corrected chi connectivity index (χ0v) is 22.8. The van der Waals surface area contributed by atoms with Crippen LogP contribution in [0.1, 0.15) is 52.9 Å². The van der Waals surface area contributed by atoms with Gasteiger partial charge in [0, 0.05) is 18.2 Å². The van der Waals surface area contributed by atoms with Crippen molar-refractivity contribution < 1.29 is 28.2 Å². The number of ether oxygens (including phenoxy) is 2. The summed E-state index contributed by atoms with van der Waals surface area (Å²) in [6, 6.07) is 7.31. The molecular weight excluding hydrogens is 546 g/mol. The Labute approximate surface area is 229 Å². The number of benzene rings is 2. The molecule has 0 atom stereocenters. The van der Waals surface area contributed by atoms with Gasteiger partial charge in [-0.05, 0) is 69.4 Å². The topological polar surface area (TPSA) is 84.9 Å². The van der Waals surface area contributed by atoms with Crippen molar-refractivity contribution >= 4 is 64.1 Å². The quantitative estimate of drug-likeness (QED) is 0.369. The van der Waals surface area contributed by atoms with Crippen LogP contribution in [0.3, 0.4) is 0 Å². The number of carbonyl (C=O) groups excluding carboxylic acids is 3. The molecule has 1 aliphatic carbocycles. The van der Waals surface area contributed by atoms with E-state index in [1.165, 1.54) is 6.07 Å². The summed E-state index contributed by atoms with van der Waals surface area (Å²) in [5.74, 6) is -1.37. The molecule has 2 fully saturated rings. The molecule has 0 bridgehead atoms. The maximum atomic E-state index is 14.3. The third-order valence-corrected chi connectivity index (χ3v) is 6.62. The highest BCUT2D eigenvalue weighted by molar-refractivity contribution is 6.42. The van der Waals surface area contributed by atoms with Gasteiger partial charge in [0.15, 0.2) is 5.76 Å². The van der Waals surface area contributed by atoms with E-state index in [9.17, 15) is 18.8 Å². The number of anilines is 2. The molecule has 0 aromatic heterocycles. The lowest BCUT2D eigenvalue weighted by Gasteiger charge is -2.18. The second-order valence-corrected chi connectivity index (χ2v) is 9.85. The molecule has 2 aliphatic rings. The standard InChI is InChI=1S/C17H17ClFNO4.C9H9Cl2NO/c1-9(2)15-16(21)20(17(22)24-15)13-8-14(11(18)7-12(13)19)23-10-5-3-4-6-10;1-2-9(13)12-6-3-4-7(10)8(11)5-6/h7-8,10H,3-6H2,1-2H3;3-5H,2H2,1H3,(H,12,13). The van der Waals surface area contributed by atoms with Crippen LogP contribution >= 0.6 is 34.8 Å². The summed E-state index contributed by atoms with van der Waals surface area (Å²) >= 11 is 17.5. The zero-order chi connectivity index (χ0) is 27.3. The summed E-state index contributed by atoms with van der Waals surface area (Å²) < 4.78 is 25.1. The van der Waals surface area contributed by atoms with Gasteiger partial charge in [0.2, 0.25) is 5.91 Å². The van der Waals surface area contributed by atoms with Gasteiger partial charge in [-0.1, -0.05) is 41.7 Å². The number of halogens is 4. The van der Waals surface area contributed by atoms with Crippen molar-refractivity contribution in [3.05, 3.63) is 62.5 Å². The Morgan fingerprint density at radius 1 is 1.08 bits per heavy atom. The van der Waals surface area contributed by atoms with E-state index in [0.717, 1.165) is 31.7 Å². The van der Waals surface area contributed by atoms with E-state index >= 15 is 0 Å². The number of carbonyl (C=O) groups is 3. The van der Waals surface area contributed by atoms with Crippen molar-refractivity contribution in [1.82, 2.24) is 0 Å². The molecule has 1 N–H and O–H groups in total. The lowest BCUT2D eigenvalue weighted by molar-refractivity contribution is -0.116. The van der Waals surface area contributed by atoms with Gasteiger partial charge >= 0.3 is 12.0 Å². The fraction of sp³-hybridized carbons (Fsp3) is 0.346. The SMILES string of the molecule is CC(C)=C1OC(=O)N(c2cc(OC3CCCC3)c(Cl)cc2F)C1=O.CCC(=O)Nc1ccc(Cl)c(Cl)c1. The molecule has 4 rings (SSSR count). The van der Waals surface area contributed by atoms with E-state index in [2.05, 4.69) is 5.32 Å². The Morgan fingerprint density at radius 3 is 2.32 bits per heavy atom. The van der Waals surface area contributed by atoms with Crippen LogP contribution in [0, 0.1) is 5.82 Å². The third kappa shape index (κ3) is 7.15. The Kier molecular flexibility index (Phi) is 9.81. The van der Waals surface area contributed by atoms with Gasteiger partial charge < -0.3 is 14.8 Å². The average Bonchev–Trinajstić information content (AvgIpc) is 3.46. The predicted octanol–water partition coefficient (Wildman–Crippen LogP) is 7.92. The summed E-state index contributed by atoms with van der Waals surface area (Å²) in [4.78, 5) is 36.0. The van der Waals surface area contributed by atoms with Gasteiger partial charge in [-0.15, -0.1) is 0 Å². The first-order valence-corrected chi connectivity index (χ1v) is 12.8. The predicted molar refractivity (Wildman–Crippen MR) is 142 cm³/mol. The molecule has 1 heterocycles. The second-order valence-electron chi connectivity index (χ2n) is 8.63. The summed E-state index contributed by atoms with van der Waals surface area (Å²) in [7, 11) is 0. The number of imide groups is 1. The fourth-order valence-corrected chi connectivity index (χ4v) is 4.17. The van der Waals surface area contributed by atoms with Crippen molar-refractivity contribution in [1.29, 1.82) is 0 Å². The number of amides is 3. The van der Waals surface area contributed by atoms with Gasteiger partial charge in [-0.3, -0.25) is 9.59 Å². The molecule has 7 nitrogen and oxygen atoms in total. The number of nitrogens with one attached hydrogen (secondary N) is 1. The van der Waals surface area contributed by atoms with Crippen LogP contribution in [-0.4, -0.2) is 24.0 Å². The third-order valence-electron chi connectivity index (χ3n) is 5.59. The highest BCUT2D eigenvalue weighted by atomic mass is 35.5. The molecule has 1 aliphatic heterocycles. The van der Waals surface area contributed by atoms with Crippen molar-refractivity contribution in [3.8, 4) is 5.75 Å². The van der Waals surface area contributed by atoms with Crippen LogP contribution in [0.25, 0.3) is 0 Å². The van der Waals surface area contributed by atoms with E-state index in [0.29, 0.717) is 32.6 Å². The number of allylic oxidation sites excluding steroid dienone is 1. The second kappa shape index (κ2) is 12.6. The molecule has 37 heavy (non-hydrogen) atoms. The van der Waals surface area contributed by atoms with E-state index in [1.54, 1.807) is 39.0 Å². The maximum Gasteiger partial charge on any atom is 0.427 e. The monoisotopic (exact) mass is 570 g/mol.